The Balaban J connectivity index is 1.03. The van der Waals surface area contributed by atoms with Crippen molar-refractivity contribution in [1.82, 2.24) is 48.4 Å². The Morgan fingerprint density at radius 2 is 0.800 bits per heavy atom. The minimum atomic E-state index is -2.80. The molecule has 0 amide bonds. The Bertz CT molecular complexity index is 4800. The Labute approximate surface area is 442 Å². The van der Waals surface area contributed by atoms with Crippen molar-refractivity contribution in [3.63, 3.8) is 0 Å². The number of rotatable bonds is 7. The number of para-hydroxylation sites is 2. The first-order chi connectivity index (χ1) is 40.2. The maximum absolute atomic E-state index is 9.97. The van der Waals surface area contributed by atoms with E-state index < -0.39 is 25.5 Å². The fourth-order valence-corrected chi connectivity index (χ4v) is 10.2. The van der Waals surface area contributed by atoms with Gasteiger partial charge in [-0.25, -0.2) is 19.5 Å². The van der Waals surface area contributed by atoms with E-state index in [4.69, 9.17) is 34.9 Å². The lowest BCUT2D eigenvalue weighted by molar-refractivity contribution is 0.915. The predicted molar refractivity (Wildman–Crippen MR) is 299 cm³/mol. The first kappa shape index (κ1) is 35.2. The molecule has 0 atom stereocenters. The summed E-state index contributed by atoms with van der Waals surface area (Å²) in [6.07, 6.45) is -11.0. The number of aromatic nitrogens is 10. The normalized spacial score (nSPS) is 16.9. The van der Waals surface area contributed by atoms with Crippen LogP contribution in [0, 0.1) is 0 Å². The third kappa shape index (κ3) is 7.29. The summed E-state index contributed by atoms with van der Waals surface area (Å²) in [5.74, 6) is 2.56. The summed E-state index contributed by atoms with van der Waals surface area (Å²) in [7, 11) is 0. The zero-order valence-electron chi connectivity index (χ0n) is 47.8. The van der Waals surface area contributed by atoms with Gasteiger partial charge in [0.2, 0.25) is 17.7 Å². The van der Waals surface area contributed by atoms with Crippen LogP contribution in [0.15, 0.2) is 218 Å². The standard InChI is InChI=1S/C65H44N10/c1-5-15-45(16-6-1)59-67-60(46-17-7-2-8-18-46)70-63(69-59)74-53-37-35-49(39-51(53)57-43-31-29-41-25-27-42(28-26-41)30-32-44(34-33-43)58(57)74)50-36-38-55-56(40-50)73-54-24-14-13-23-52(54)66-65(73)75(55)64-71-61(47-19-9-3-10-20-47)68-62(72-64)48-21-11-4-12-22-48/h1-28,33-40H,29-32H2/i29D2,30D2,31D2,32D2. The largest absolute Gasteiger partial charge is 0.278 e. The van der Waals surface area contributed by atoms with Crippen LogP contribution in [0.4, 0.5) is 0 Å². The van der Waals surface area contributed by atoms with Crippen molar-refractivity contribution in [1.29, 1.82) is 0 Å². The minimum absolute atomic E-state index is 0.0364. The number of hydrogen-bond acceptors (Lipinski definition) is 7. The molecule has 5 heterocycles. The molecule has 9 aromatic carbocycles. The molecular formula is C65H44N10. The van der Waals surface area contributed by atoms with Crippen LogP contribution in [0.3, 0.4) is 0 Å². The van der Waals surface area contributed by atoms with Gasteiger partial charge in [-0.3, -0.25) is 8.97 Å². The molecule has 354 valence electrons. The molecular weight excluding hydrogens is 921 g/mol. The molecule has 0 saturated carbocycles. The van der Waals surface area contributed by atoms with E-state index in [0.717, 1.165) is 38.8 Å². The van der Waals surface area contributed by atoms with Gasteiger partial charge in [0, 0.05) is 44.0 Å². The molecule has 0 fully saturated rings. The molecule has 0 radical (unpaired) electrons. The van der Waals surface area contributed by atoms with Crippen LogP contribution in [0.25, 0.3) is 118 Å². The molecule has 4 bridgehead atoms. The SMILES string of the molecule is [2H]C1([2H])c2ccc(cc2)C([2H])([2H])C([2H])([2H])c2ccc(c3c4cc(-c5ccc6c(c5)n5c7ccccc7nc5n6-c5nc(-c6ccccc6)nc(-c6ccccc6)n5)ccc4n(-c4nc(-c5ccccc5)nc(-c5ccccc5)n4)c23)C1([2H])[2H]. The van der Waals surface area contributed by atoms with Crippen LogP contribution in [0.5, 0.6) is 0 Å². The van der Waals surface area contributed by atoms with E-state index in [9.17, 15) is 11.0 Å². The smallest absolute Gasteiger partial charge is 0.241 e. The first-order valence-corrected chi connectivity index (χ1v) is 24.6. The fraction of sp³-hybridized carbons (Fsp3) is 0.0615. The second-order valence-corrected chi connectivity index (χ2v) is 18.3. The highest BCUT2D eigenvalue weighted by atomic mass is 15.3. The number of fused-ring (bicyclic) bond motifs is 6. The molecule has 18 rings (SSSR count). The molecule has 0 N–H and O–H groups in total. The highest BCUT2D eigenvalue weighted by Crippen LogP contribution is 2.41. The van der Waals surface area contributed by atoms with E-state index in [1.54, 1.807) is 4.57 Å². The van der Waals surface area contributed by atoms with Gasteiger partial charge < -0.3 is 0 Å². The fourth-order valence-electron chi connectivity index (χ4n) is 10.2. The van der Waals surface area contributed by atoms with E-state index in [1.165, 1.54) is 36.4 Å². The maximum atomic E-state index is 9.97. The molecule has 0 aliphatic heterocycles. The number of nitrogens with zero attached hydrogens (tertiary/aromatic N) is 10. The van der Waals surface area contributed by atoms with Crippen molar-refractivity contribution in [3.8, 4) is 68.6 Å². The second kappa shape index (κ2) is 17.4. The van der Waals surface area contributed by atoms with Gasteiger partial charge in [-0.2, -0.15) is 19.9 Å². The molecule has 0 saturated heterocycles. The van der Waals surface area contributed by atoms with Gasteiger partial charge in [0.05, 0.1) is 33.1 Å². The molecule has 0 unspecified atom stereocenters. The Morgan fingerprint density at radius 1 is 0.333 bits per heavy atom. The van der Waals surface area contributed by atoms with Crippen molar-refractivity contribution in [2.75, 3.05) is 0 Å². The highest BCUT2D eigenvalue weighted by Gasteiger charge is 2.25. The third-order valence-electron chi connectivity index (χ3n) is 13.8. The summed E-state index contributed by atoms with van der Waals surface area (Å²) in [6, 6.07) is 66.1. The van der Waals surface area contributed by atoms with Crippen molar-refractivity contribution in [2.45, 2.75) is 25.5 Å². The average Bonchev–Trinajstić information content (AvgIpc) is 1.79. The number of imidazole rings is 2. The van der Waals surface area contributed by atoms with Crippen molar-refractivity contribution >= 4 is 49.7 Å². The Kier molecular flexibility index (Phi) is 8.17. The van der Waals surface area contributed by atoms with E-state index >= 15 is 0 Å². The summed E-state index contributed by atoms with van der Waals surface area (Å²) in [5.41, 5.74) is 7.73. The molecule has 4 aliphatic carbocycles. The van der Waals surface area contributed by atoms with Crippen LogP contribution in [0.1, 0.15) is 33.2 Å². The number of hydrogen-bond donors (Lipinski definition) is 0. The van der Waals surface area contributed by atoms with Crippen LogP contribution in [-0.4, -0.2) is 48.4 Å². The summed E-state index contributed by atoms with van der Waals surface area (Å²) in [4.78, 5) is 35.6. The van der Waals surface area contributed by atoms with Crippen LogP contribution < -0.4 is 0 Å². The molecule has 14 aromatic rings. The van der Waals surface area contributed by atoms with Gasteiger partial charge >= 0.3 is 0 Å². The van der Waals surface area contributed by atoms with Gasteiger partial charge in [0.15, 0.2) is 23.3 Å². The average molecular weight is 973 g/mol. The van der Waals surface area contributed by atoms with E-state index in [2.05, 4.69) is 10.5 Å². The van der Waals surface area contributed by atoms with Crippen LogP contribution in [-0.2, 0) is 25.5 Å². The lowest BCUT2D eigenvalue weighted by Gasteiger charge is -2.15. The first-order valence-electron chi connectivity index (χ1n) is 28.6. The van der Waals surface area contributed by atoms with Gasteiger partial charge in [-0.15, -0.1) is 0 Å². The summed E-state index contributed by atoms with van der Waals surface area (Å²) >= 11 is 0. The van der Waals surface area contributed by atoms with Crippen LogP contribution in [0.2, 0.25) is 0 Å². The van der Waals surface area contributed by atoms with E-state index in [-0.39, 0.29) is 39.1 Å². The Hall–Kier alpha value is -9.93. The highest BCUT2D eigenvalue weighted by molar-refractivity contribution is 6.13. The monoisotopic (exact) mass is 972 g/mol. The lowest BCUT2D eigenvalue weighted by atomic mass is 9.92. The molecule has 5 aromatic heterocycles. The van der Waals surface area contributed by atoms with E-state index in [0.29, 0.717) is 62.6 Å². The molecule has 75 heavy (non-hydrogen) atoms. The second-order valence-electron chi connectivity index (χ2n) is 18.3. The quantitative estimate of drug-likeness (QED) is 0.157. The maximum Gasteiger partial charge on any atom is 0.241 e. The minimum Gasteiger partial charge on any atom is -0.278 e. The number of aryl methyl sites for hydroxylation is 4. The lowest BCUT2D eigenvalue weighted by Crippen LogP contribution is -2.08. The van der Waals surface area contributed by atoms with Gasteiger partial charge in [0.1, 0.15) is 0 Å². The molecule has 10 nitrogen and oxygen atoms in total. The van der Waals surface area contributed by atoms with Gasteiger partial charge in [-0.1, -0.05) is 182 Å². The summed E-state index contributed by atoms with van der Waals surface area (Å²) in [6.45, 7) is 0. The summed E-state index contributed by atoms with van der Waals surface area (Å²) in [5, 5.41) is 0.585. The zero-order valence-corrected chi connectivity index (χ0v) is 39.8. The Morgan fingerprint density at radius 3 is 1.36 bits per heavy atom. The predicted octanol–water partition coefficient (Wildman–Crippen LogP) is 14.1. The molecule has 0 spiro atoms. The van der Waals surface area contributed by atoms with Gasteiger partial charge in [0.25, 0.3) is 0 Å². The topological polar surface area (TPSA) is 105 Å². The van der Waals surface area contributed by atoms with E-state index in [1.807, 2.05) is 180 Å². The summed E-state index contributed by atoms with van der Waals surface area (Å²) < 4.78 is 84.1. The van der Waals surface area contributed by atoms with Crippen molar-refractivity contribution in [2.24, 2.45) is 0 Å². The molecule has 4 aliphatic rings. The number of benzene rings is 9. The molecule has 10 heteroatoms. The van der Waals surface area contributed by atoms with Crippen LogP contribution >= 0.6 is 0 Å². The van der Waals surface area contributed by atoms with Crippen molar-refractivity contribution < 1.29 is 11.0 Å². The van der Waals surface area contributed by atoms with Gasteiger partial charge in [-0.05, 0) is 95.3 Å². The third-order valence-corrected chi connectivity index (χ3v) is 13.8. The zero-order chi connectivity index (χ0) is 56.6. The van der Waals surface area contributed by atoms with Crippen molar-refractivity contribution in [3.05, 3.63) is 241 Å².